The molecule has 0 aliphatic carbocycles. The summed E-state index contributed by atoms with van der Waals surface area (Å²) < 4.78 is 0. The number of hydrogen-bond acceptors (Lipinski definition) is 0. The van der Waals surface area contributed by atoms with Crippen LogP contribution in [0, 0.1) is 0 Å². The van der Waals surface area contributed by atoms with Gasteiger partial charge in [-0.3, -0.25) is 0 Å². The van der Waals surface area contributed by atoms with Crippen molar-refractivity contribution in [1.82, 2.24) is 0 Å². The molecule has 29 heavy (non-hydrogen) atoms. The summed E-state index contributed by atoms with van der Waals surface area (Å²) in [7, 11) is -1.84. The summed E-state index contributed by atoms with van der Waals surface area (Å²) >= 11 is 0. The molecular formula is C28H28P+. The third-order valence-corrected chi connectivity index (χ3v) is 10.0. The lowest BCUT2D eigenvalue weighted by Gasteiger charge is -2.29. The molecule has 0 amide bonds. The second kappa shape index (κ2) is 9.21. The van der Waals surface area contributed by atoms with E-state index in [1.807, 2.05) is 0 Å². The Morgan fingerprint density at radius 2 is 1.03 bits per heavy atom. The van der Waals surface area contributed by atoms with Crippen LogP contribution in [0.25, 0.3) is 0 Å². The first kappa shape index (κ1) is 19.6. The van der Waals surface area contributed by atoms with Crippen LogP contribution in [-0.2, 0) is 12.6 Å². The van der Waals surface area contributed by atoms with Gasteiger partial charge in [0, 0.05) is 0 Å². The Morgan fingerprint density at radius 1 is 0.552 bits per heavy atom. The van der Waals surface area contributed by atoms with Crippen LogP contribution in [0.1, 0.15) is 24.5 Å². The molecule has 4 aromatic carbocycles. The highest BCUT2D eigenvalue weighted by molar-refractivity contribution is 7.95. The molecule has 0 nitrogen and oxygen atoms in total. The molecule has 0 spiro atoms. The summed E-state index contributed by atoms with van der Waals surface area (Å²) in [5.41, 5.74) is 2.90. The smallest absolute Gasteiger partial charge is 0.0651 e. The van der Waals surface area contributed by atoms with Gasteiger partial charge in [0.25, 0.3) is 0 Å². The summed E-state index contributed by atoms with van der Waals surface area (Å²) in [6, 6.07) is 42.5. The van der Waals surface area contributed by atoms with Gasteiger partial charge in [0.2, 0.25) is 0 Å². The van der Waals surface area contributed by atoms with Gasteiger partial charge in [-0.2, -0.15) is 0 Å². The third kappa shape index (κ3) is 4.04. The fraction of sp³-hybridized carbons (Fsp3) is 0.143. The molecule has 0 unspecified atom stereocenters. The van der Waals surface area contributed by atoms with Crippen molar-refractivity contribution < 1.29 is 0 Å². The van der Waals surface area contributed by atoms with Crippen LogP contribution in [0.15, 0.2) is 115 Å². The molecule has 0 heterocycles. The Bertz CT molecular complexity index is 984. The summed E-state index contributed by atoms with van der Waals surface area (Å²) in [6.07, 6.45) is 3.32. The number of aryl methyl sites for hydroxylation is 1. The van der Waals surface area contributed by atoms with Crippen LogP contribution in [0.4, 0.5) is 0 Å². The Balaban J connectivity index is 2.04. The normalized spacial score (nSPS) is 11.3. The third-order valence-electron chi connectivity index (χ3n) is 5.58. The van der Waals surface area contributed by atoms with Crippen LogP contribution in [0.2, 0.25) is 0 Å². The Morgan fingerprint density at radius 3 is 1.59 bits per heavy atom. The lowest BCUT2D eigenvalue weighted by molar-refractivity contribution is 0.927. The van der Waals surface area contributed by atoms with E-state index in [0.717, 1.165) is 19.0 Å². The van der Waals surface area contributed by atoms with E-state index in [1.54, 1.807) is 0 Å². The van der Waals surface area contributed by atoms with Crippen LogP contribution in [0.3, 0.4) is 0 Å². The lowest BCUT2D eigenvalue weighted by atomic mass is 10.1. The molecule has 0 aliphatic heterocycles. The first-order valence-corrected chi connectivity index (χ1v) is 12.4. The Hall–Kier alpha value is -2.69. The highest BCUT2D eigenvalue weighted by Crippen LogP contribution is 2.58. The van der Waals surface area contributed by atoms with Crippen LogP contribution in [0.5, 0.6) is 0 Å². The summed E-state index contributed by atoms with van der Waals surface area (Å²) in [4.78, 5) is 0. The van der Waals surface area contributed by atoms with Crippen molar-refractivity contribution in [2.45, 2.75) is 25.9 Å². The first-order valence-electron chi connectivity index (χ1n) is 10.5. The second-order valence-corrected chi connectivity index (χ2v) is 11.0. The van der Waals surface area contributed by atoms with Gasteiger partial charge in [0.05, 0.1) is 6.16 Å². The van der Waals surface area contributed by atoms with Crippen LogP contribution in [-0.4, -0.2) is 0 Å². The maximum absolute atomic E-state index is 2.39. The largest absolute Gasteiger partial charge is 0.116 e. The van der Waals surface area contributed by atoms with E-state index >= 15 is 0 Å². The van der Waals surface area contributed by atoms with Crippen LogP contribution < -0.4 is 15.9 Å². The van der Waals surface area contributed by atoms with E-state index in [4.69, 9.17) is 0 Å². The number of rotatable bonds is 7. The fourth-order valence-corrected chi connectivity index (χ4v) is 8.81. The van der Waals surface area contributed by atoms with Crippen LogP contribution >= 0.6 is 7.26 Å². The zero-order valence-electron chi connectivity index (χ0n) is 17.0. The topological polar surface area (TPSA) is 0 Å². The van der Waals surface area contributed by atoms with Gasteiger partial charge < -0.3 is 0 Å². The minimum atomic E-state index is -1.84. The van der Waals surface area contributed by atoms with E-state index in [9.17, 15) is 0 Å². The molecule has 0 aliphatic rings. The van der Waals surface area contributed by atoms with E-state index in [-0.39, 0.29) is 0 Å². The Labute approximate surface area is 175 Å². The number of benzene rings is 4. The summed E-state index contributed by atoms with van der Waals surface area (Å²) in [6.45, 7) is 2.28. The molecule has 0 N–H and O–H groups in total. The molecule has 1 heteroatoms. The average Bonchev–Trinajstić information content (AvgIpc) is 2.80. The predicted molar refractivity (Wildman–Crippen MR) is 129 cm³/mol. The number of hydrogen-bond donors (Lipinski definition) is 0. The first-order chi connectivity index (χ1) is 14.3. The van der Waals surface area contributed by atoms with E-state index < -0.39 is 7.26 Å². The van der Waals surface area contributed by atoms with Crippen molar-refractivity contribution in [1.29, 1.82) is 0 Å². The van der Waals surface area contributed by atoms with Crippen molar-refractivity contribution in [2.75, 3.05) is 0 Å². The van der Waals surface area contributed by atoms with E-state index in [0.29, 0.717) is 0 Å². The monoisotopic (exact) mass is 395 g/mol. The fourth-order valence-electron chi connectivity index (χ4n) is 4.28. The van der Waals surface area contributed by atoms with Gasteiger partial charge in [-0.1, -0.05) is 98.3 Å². The molecule has 0 saturated heterocycles. The average molecular weight is 396 g/mol. The zero-order chi connectivity index (χ0) is 19.9. The minimum Gasteiger partial charge on any atom is -0.0651 e. The highest BCUT2D eigenvalue weighted by Gasteiger charge is 2.46. The highest BCUT2D eigenvalue weighted by atomic mass is 31.2. The SMILES string of the molecule is CCCc1ccccc1[P+](Cc1ccccc1)(c1ccccc1)c1ccccc1. The lowest BCUT2D eigenvalue weighted by Crippen LogP contribution is -2.34. The van der Waals surface area contributed by atoms with Crippen molar-refractivity contribution >= 4 is 23.2 Å². The van der Waals surface area contributed by atoms with Crippen molar-refractivity contribution in [2.24, 2.45) is 0 Å². The maximum atomic E-state index is 2.39. The molecule has 0 radical (unpaired) electrons. The molecule has 0 atom stereocenters. The van der Waals surface area contributed by atoms with Crippen molar-refractivity contribution in [3.05, 3.63) is 126 Å². The predicted octanol–water partition coefficient (Wildman–Crippen LogP) is 6.13. The van der Waals surface area contributed by atoms with E-state index in [2.05, 4.69) is 122 Å². The molecule has 0 saturated carbocycles. The second-order valence-electron chi connectivity index (χ2n) is 7.50. The standard InChI is InChI=1S/C28H28P/c1-2-14-25-17-12-13-22-28(25)29(26-18-8-4-9-19-26,27-20-10-5-11-21-27)23-24-15-6-3-7-16-24/h3-13,15-22H,2,14,23H2,1H3/q+1. The molecule has 144 valence electrons. The van der Waals surface area contributed by atoms with Gasteiger partial charge in [0.15, 0.2) is 0 Å². The molecule has 0 bridgehead atoms. The molecule has 0 aromatic heterocycles. The van der Waals surface area contributed by atoms with E-state index in [1.165, 1.54) is 27.0 Å². The molecular weight excluding hydrogens is 367 g/mol. The zero-order valence-corrected chi connectivity index (χ0v) is 17.9. The van der Waals surface area contributed by atoms with Gasteiger partial charge in [-0.25, -0.2) is 0 Å². The van der Waals surface area contributed by atoms with Crippen molar-refractivity contribution in [3.8, 4) is 0 Å². The van der Waals surface area contributed by atoms with Gasteiger partial charge in [-0.15, -0.1) is 0 Å². The van der Waals surface area contributed by atoms with Crippen molar-refractivity contribution in [3.63, 3.8) is 0 Å². The molecule has 0 fully saturated rings. The molecule has 4 aromatic rings. The molecule has 4 rings (SSSR count). The summed E-state index contributed by atoms with van der Waals surface area (Å²) in [5, 5.41) is 4.44. The van der Waals surface area contributed by atoms with Gasteiger partial charge in [-0.05, 0) is 47.9 Å². The Kier molecular flexibility index (Phi) is 6.23. The summed E-state index contributed by atoms with van der Waals surface area (Å²) in [5.74, 6) is 0. The van der Waals surface area contributed by atoms with Gasteiger partial charge >= 0.3 is 0 Å². The minimum absolute atomic E-state index is 1.04. The quantitative estimate of drug-likeness (QED) is 0.330. The van der Waals surface area contributed by atoms with Gasteiger partial charge in [0.1, 0.15) is 23.2 Å². The maximum Gasteiger partial charge on any atom is 0.116 e.